The van der Waals surface area contributed by atoms with E-state index in [-0.39, 0.29) is 12.2 Å². The smallest absolute Gasteiger partial charge is 0.257 e. The number of aromatic amines is 1. The van der Waals surface area contributed by atoms with Crippen molar-refractivity contribution in [2.24, 2.45) is 0 Å². The van der Waals surface area contributed by atoms with Gasteiger partial charge in [0.25, 0.3) is 5.56 Å². The van der Waals surface area contributed by atoms with Crippen molar-refractivity contribution in [1.82, 2.24) is 24.8 Å². The van der Waals surface area contributed by atoms with Crippen molar-refractivity contribution in [3.8, 4) is 0 Å². The van der Waals surface area contributed by atoms with E-state index >= 15 is 0 Å². The molecule has 0 aliphatic rings. The van der Waals surface area contributed by atoms with Crippen molar-refractivity contribution >= 4 is 17.3 Å². The van der Waals surface area contributed by atoms with E-state index in [1.165, 1.54) is 11.1 Å². The summed E-state index contributed by atoms with van der Waals surface area (Å²) in [5.41, 5.74) is 2.04. The van der Waals surface area contributed by atoms with Crippen molar-refractivity contribution in [3.63, 3.8) is 0 Å². The van der Waals surface area contributed by atoms with Crippen LogP contribution < -0.4 is 10.9 Å². The van der Waals surface area contributed by atoms with Crippen molar-refractivity contribution in [2.45, 2.75) is 47.1 Å². The highest BCUT2D eigenvalue weighted by molar-refractivity contribution is 7.11. The minimum Gasteiger partial charge on any atom is -0.373 e. The van der Waals surface area contributed by atoms with Gasteiger partial charge in [-0.1, -0.05) is 19.9 Å². The van der Waals surface area contributed by atoms with Crippen LogP contribution in [0.2, 0.25) is 0 Å². The Morgan fingerprint density at radius 2 is 1.97 bits per heavy atom. The lowest BCUT2D eigenvalue weighted by Gasteiger charge is -2.15. The maximum Gasteiger partial charge on any atom is 0.257 e. The molecule has 178 valence electrons. The number of aromatic nitrogens is 4. The topological polar surface area (TPSA) is 105 Å². The summed E-state index contributed by atoms with van der Waals surface area (Å²) in [5, 5.41) is 4.20. The summed E-state index contributed by atoms with van der Waals surface area (Å²) in [4.78, 5) is 31.7. The summed E-state index contributed by atoms with van der Waals surface area (Å²) in [7, 11) is 0. The van der Waals surface area contributed by atoms with Crippen molar-refractivity contribution in [1.29, 1.82) is 0 Å². The number of H-pyrrole nitrogens is 1. The number of ether oxygens (including phenoxy) is 2. The molecule has 10 heteroatoms. The normalized spacial score (nSPS) is 11.3. The maximum absolute atomic E-state index is 12.2. The van der Waals surface area contributed by atoms with E-state index in [1.54, 1.807) is 17.5 Å². The Kier molecular flexibility index (Phi) is 9.95. The van der Waals surface area contributed by atoms with E-state index in [9.17, 15) is 4.79 Å². The molecule has 0 aromatic carbocycles. The number of hydrogen-bond donors (Lipinski definition) is 2. The van der Waals surface area contributed by atoms with Crippen molar-refractivity contribution < 1.29 is 9.47 Å². The molecule has 0 unspecified atom stereocenters. The Balaban J connectivity index is 1.37. The number of aryl methyl sites for hydroxylation is 1. The lowest BCUT2D eigenvalue weighted by atomic mass is 10.3. The van der Waals surface area contributed by atoms with Crippen LogP contribution in [-0.4, -0.2) is 51.1 Å². The highest BCUT2D eigenvalue weighted by atomic mass is 32.1. The van der Waals surface area contributed by atoms with Crippen LogP contribution in [0.4, 0.5) is 5.95 Å². The van der Waals surface area contributed by atoms with Gasteiger partial charge >= 0.3 is 0 Å². The lowest BCUT2D eigenvalue weighted by Crippen LogP contribution is -2.22. The Labute approximate surface area is 198 Å². The maximum atomic E-state index is 12.2. The first kappa shape index (κ1) is 25.0. The van der Waals surface area contributed by atoms with Gasteiger partial charge in [0.15, 0.2) is 0 Å². The third-order valence-electron chi connectivity index (χ3n) is 5.07. The Morgan fingerprint density at radius 3 is 2.70 bits per heavy atom. The van der Waals surface area contributed by atoms with Crippen LogP contribution in [0.25, 0.3) is 0 Å². The number of thiazole rings is 1. The predicted molar refractivity (Wildman–Crippen MR) is 129 cm³/mol. The van der Waals surface area contributed by atoms with Crippen LogP contribution in [0.1, 0.15) is 40.7 Å². The molecule has 0 aliphatic heterocycles. The first-order chi connectivity index (χ1) is 16.1. The summed E-state index contributed by atoms with van der Waals surface area (Å²) >= 11 is 1.73. The number of nitrogens with one attached hydrogen (secondary N) is 2. The molecule has 3 heterocycles. The zero-order valence-corrected chi connectivity index (χ0v) is 20.3. The van der Waals surface area contributed by atoms with Gasteiger partial charge in [-0.2, -0.15) is 0 Å². The Bertz CT molecular complexity index is 1040. The van der Waals surface area contributed by atoms with E-state index < -0.39 is 0 Å². The van der Waals surface area contributed by atoms with Crippen molar-refractivity contribution in [3.05, 3.63) is 67.8 Å². The quantitative estimate of drug-likeness (QED) is 0.345. The molecular formula is C23H32N6O3S. The molecule has 33 heavy (non-hydrogen) atoms. The summed E-state index contributed by atoms with van der Waals surface area (Å²) in [5.74, 6) is 0.406. The Hall–Kier alpha value is -2.66. The van der Waals surface area contributed by atoms with Crippen LogP contribution in [0.3, 0.4) is 0 Å². The van der Waals surface area contributed by atoms with Gasteiger partial charge in [-0.15, -0.1) is 11.3 Å². The number of nitrogens with zero attached hydrogens (tertiary/aromatic N) is 4. The molecule has 0 atom stereocenters. The second kappa shape index (κ2) is 13.1. The van der Waals surface area contributed by atoms with Crippen LogP contribution in [0.5, 0.6) is 0 Å². The molecule has 2 N–H and O–H groups in total. The second-order valence-corrected chi connectivity index (χ2v) is 8.74. The van der Waals surface area contributed by atoms with E-state index in [0.717, 1.165) is 36.0 Å². The van der Waals surface area contributed by atoms with Crippen LogP contribution in [0, 0.1) is 6.92 Å². The molecule has 9 nitrogen and oxygen atoms in total. The SMILES string of the molecule is CCN(CC)Cc1nc(COCCNc2ncc(COCc3ccccn3)c(=O)[nH]2)c(C)s1. The molecule has 3 rings (SSSR count). The first-order valence-corrected chi connectivity index (χ1v) is 12.0. The van der Waals surface area contributed by atoms with Gasteiger partial charge in [0, 0.05) is 23.8 Å². The van der Waals surface area contributed by atoms with Gasteiger partial charge < -0.3 is 14.8 Å². The molecule has 0 aliphatic carbocycles. The molecule has 0 amide bonds. The van der Waals surface area contributed by atoms with E-state index in [0.29, 0.717) is 37.9 Å². The molecule has 0 radical (unpaired) electrons. The van der Waals surface area contributed by atoms with Gasteiger partial charge in [-0.25, -0.2) is 9.97 Å². The van der Waals surface area contributed by atoms with Gasteiger partial charge in [0.2, 0.25) is 5.95 Å². The van der Waals surface area contributed by atoms with Gasteiger partial charge in [-0.3, -0.25) is 19.7 Å². The first-order valence-electron chi connectivity index (χ1n) is 11.1. The molecular weight excluding hydrogens is 440 g/mol. The van der Waals surface area contributed by atoms with Crippen molar-refractivity contribution in [2.75, 3.05) is 31.6 Å². The predicted octanol–water partition coefficient (Wildman–Crippen LogP) is 3.12. The summed E-state index contributed by atoms with van der Waals surface area (Å²) in [6, 6.07) is 5.62. The minimum atomic E-state index is -0.228. The fourth-order valence-electron chi connectivity index (χ4n) is 3.10. The third kappa shape index (κ3) is 8.01. The molecule has 0 saturated heterocycles. The van der Waals surface area contributed by atoms with Gasteiger partial charge in [0.05, 0.1) is 49.9 Å². The summed E-state index contributed by atoms with van der Waals surface area (Å²) in [6.45, 7) is 11.3. The minimum absolute atomic E-state index is 0.172. The number of anilines is 1. The molecule has 3 aromatic heterocycles. The van der Waals surface area contributed by atoms with E-state index in [1.807, 2.05) is 18.2 Å². The highest BCUT2D eigenvalue weighted by Gasteiger charge is 2.10. The molecule has 0 spiro atoms. The largest absolute Gasteiger partial charge is 0.373 e. The van der Waals surface area contributed by atoms with Crippen LogP contribution in [0.15, 0.2) is 35.4 Å². The molecule has 0 bridgehead atoms. The second-order valence-electron chi connectivity index (χ2n) is 7.45. The molecule has 0 fully saturated rings. The zero-order valence-electron chi connectivity index (χ0n) is 19.5. The standard InChI is InChI=1S/C23H32N6O3S/c1-4-29(5-2)13-21-27-20(17(3)33-21)16-31-11-10-25-23-26-12-18(22(30)28-23)14-32-15-19-8-6-7-9-24-19/h6-9,12H,4-5,10-11,13-16H2,1-3H3,(H2,25,26,28,30). The van der Waals surface area contributed by atoms with Gasteiger partial charge in [-0.05, 0) is 32.1 Å². The zero-order chi connectivity index (χ0) is 23.5. The molecule has 0 saturated carbocycles. The fraction of sp³-hybridized carbons (Fsp3) is 0.478. The number of pyridine rings is 1. The average Bonchev–Trinajstić information content (AvgIpc) is 3.18. The monoisotopic (exact) mass is 472 g/mol. The highest BCUT2D eigenvalue weighted by Crippen LogP contribution is 2.19. The Morgan fingerprint density at radius 1 is 1.12 bits per heavy atom. The summed E-state index contributed by atoms with van der Waals surface area (Å²) < 4.78 is 11.3. The third-order valence-corrected chi connectivity index (χ3v) is 6.07. The molecule has 3 aromatic rings. The van der Waals surface area contributed by atoms with E-state index in [4.69, 9.17) is 14.5 Å². The average molecular weight is 473 g/mol. The fourth-order valence-corrected chi connectivity index (χ4v) is 4.08. The van der Waals surface area contributed by atoms with Crippen LogP contribution in [-0.2, 0) is 35.8 Å². The van der Waals surface area contributed by atoms with Crippen LogP contribution >= 0.6 is 11.3 Å². The van der Waals surface area contributed by atoms with Gasteiger partial charge in [0.1, 0.15) is 5.01 Å². The lowest BCUT2D eigenvalue weighted by molar-refractivity contribution is 0.103. The van der Waals surface area contributed by atoms with E-state index in [2.05, 4.69) is 45.9 Å². The summed E-state index contributed by atoms with van der Waals surface area (Å²) in [6.07, 6.45) is 3.23. The number of rotatable bonds is 14. The number of hydrogen-bond acceptors (Lipinski definition) is 9.